The first-order chi connectivity index (χ1) is 13.1. The van der Waals surface area contributed by atoms with Gasteiger partial charge in [-0.05, 0) is 25.1 Å². The second-order valence-corrected chi connectivity index (χ2v) is 6.08. The molecule has 0 unspecified atom stereocenters. The molecule has 4 rings (SSSR count). The molecule has 4 N–H and O–H groups in total. The Kier molecular flexibility index (Phi) is 4.11. The Balaban J connectivity index is 1.79. The van der Waals surface area contributed by atoms with Gasteiger partial charge in [0, 0.05) is 23.7 Å². The van der Waals surface area contributed by atoms with Crippen LogP contribution in [0, 0.1) is 0 Å². The van der Waals surface area contributed by atoms with Crippen LogP contribution in [0.3, 0.4) is 0 Å². The minimum atomic E-state index is -0.405. The van der Waals surface area contributed by atoms with Crippen LogP contribution in [0.4, 0.5) is 10.6 Å². The third-order valence-electron chi connectivity index (χ3n) is 4.46. The summed E-state index contributed by atoms with van der Waals surface area (Å²) < 4.78 is 4.79. The molecule has 0 bridgehead atoms. The second-order valence-electron chi connectivity index (χ2n) is 6.08. The van der Waals surface area contributed by atoms with Crippen molar-refractivity contribution in [3.05, 3.63) is 36.3 Å². The number of carbonyl (C=O) groups is 1. The molecule has 0 fully saturated rings. The Morgan fingerprint density at radius 2 is 2.15 bits per heavy atom. The number of nitrogen functional groups attached to an aromatic ring is 1. The van der Waals surface area contributed by atoms with E-state index in [4.69, 9.17) is 10.5 Å². The molecule has 4 aromatic rings. The summed E-state index contributed by atoms with van der Waals surface area (Å²) in [5.74, 6) is 0.954. The maximum absolute atomic E-state index is 11.8. The quantitative estimate of drug-likeness (QED) is 0.510. The van der Waals surface area contributed by atoms with Crippen molar-refractivity contribution in [2.75, 3.05) is 19.4 Å². The Morgan fingerprint density at radius 3 is 2.85 bits per heavy atom. The smallest absolute Gasteiger partial charge is 0.409 e. The first kappa shape index (κ1) is 16.8. The number of aromatic nitrogens is 5. The van der Waals surface area contributed by atoms with E-state index in [1.165, 1.54) is 7.11 Å². The number of nitrogens with two attached hydrogens (primary N) is 1. The van der Waals surface area contributed by atoms with E-state index < -0.39 is 6.09 Å². The van der Waals surface area contributed by atoms with E-state index in [0.29, 0.717) is 30.2 Å². The minimum Gasteiger partial charge on any atom is -0.453 e. The lowest BCUT2D eigenvalue weighted by Crippen LogP contribution is -2.30. The number of nitrogens with one attached hydrogen (secondary N) is 2. The average Bonchev–Trinajstić information content (AvgIpc) is 3.35. The van der Waals surface area contributed by atoms with Gasteiger partial charge >= 0.3 is 6.09 Å². The summed E-state index contributed by atoms with van der Waals surface area (Å²) in [4.78, 5) is 25.6. The largest absolute Gasteiger partial charge is 0.453 e. The second kappa shape index (κ2) is 6.60. The molecule has 1 amide bonds. The van der Waals surface area contributed by atoms with E-state index in [1.54, 1.807) is 11.1 Å². The number of rotatable bonds is 4. The number of anilines is 1. The number of pyridine rings is 1. The number of H-pyrrole nitrogens is 2. The highest BCUT2D eigenvalue weighted by atomic mass is 16.5. The predicted molar refractivity (Wildman–Crippen MR) is 102 cm³/mol. The number of aromatic amines is 2. The lowest BCUT2D eigenvalue weighted by molar-refractivity contribution is 0.122. The number of amides is 1. The number of imidazole rings is 1. The van der Waals surface area contributed by atoms with Crippen molar-refractivity contribution in [2.45, 2.75) is 13.5 Å². The summed E-state index contributed by atoms with van der Waals surface area (Å²) in [7, 11) is 1.36. The van der Waals surface area contributed by atoms with Crippen LogP contribution in [0.15, 0.2) is 30.5 Å². The minimum absolute atomic E-state index is 0.296. The summed E-state index contributed by atoms with van der Waals surface area (Å²) in [5.41, 5.74) is 10.0. The first-order valence-electron chi connectivity index (χ1n) is 8.51. The van der Waals surface area contributed by atoms with Crippen LogP contribution in [-0.2, 0) is 11.3 Å². The fourth-order valence-corrected chi connectivity index (χ4v) is 3.09. The van der Waals surface area contributed by atoms with Crippen molar-refractivity contribution in [1.82, 2.24) is 30.0 Å². The van der Waals surface area contributed by atoms with Crippen LogP contribution in [0.2, 0.25) is 0 Å². The molecule has 1 aromatic carbocycles. The highest BCUT2D eigenvalue weighted by Crippen LogP contribution is 2.29. The summed E-state index contributed by atoms with van der Waals surface area (Å²) in [6.45, 7) is 2.68. The maximum atomic E-state index is 11.8. The predicted octanol–water partition coefficient (Wildman–Crippen LogP) is 2.67. The lowest BCUT2D eigenvalue weighted by atomic mass is 10.1. The standard InChI is InChI=1S/C18H19N7O2/c1-3-25(18(26)27-2)9-14-22-15-11-5-4-10(12-6-7-20-24-12)8-13(11)21-17(19)16(15)23-14/h4-8H,3,9H2,1-2H3,(H2,19,21)(H,20,24)(H,22,23). The highest BCUT2D eigenvalue weighted by molar-refractivity contribution is 6.07. The van der Waals surface area contributed by atoms with Crippen molar-refractivity contribution in [1.29, 1.82) is 0 Å². The maximum Gasteiger partial charge on any atom is 0.409 e. The van der Waals surface area contributed by atoms with E-state index in [0.717, 1.165) is 27.7 Å². The highest BCUT2D eigenvalue weighted by Gasteiger charge is 2.17. The molecule has 0 aliphatic rings. The summed E-state index contributed by atoms with van der Waals surface area (Å²) >= 11 is 0. The fourth-order valence-electron chi connectivity index (χ4n) is 3.09. The van der Waals surface area contributed by atoms with Gasteiger partial charge in [-0.1, -0.05) is 6.07 Å². The van der Waals surface area contributed by atoms with Gasteiger partial charge in [0.1, 0.15) is 11.3 Å². The fraction of sp³-hybridized carbons (Fsp3) is 0.222. The normalized spacial score (nSPS) is 11.2. The summed E-state index contributed by atoms with van der Waals surface area (Å²) in [6.07, 6.45) is 1.37. The lowest BCUT2D eigenvalue weighted by Gasteiger charge is -2.17. The average molecular weight is 365 g/mol. The van der Waals surface area contributed by atoms with Crippen LogP contribution < -0.4 is 5.73 Å². The molecule has 9 nitrogen and oxygen atoms in total. The molecule has 3 aromatic heterocycles. The Morgan fingerprint density at radius 1 is 1.30 bits per heavy atom. The zero-order valence-corrected chi connectivity index (χ0v) is 15.0. The van der Waals surface area contributed by atoms with E-state index >= 15 is 0 Å². The number of nitrogens with zero attached hydrogens (tertiary/aromatic N) is 4. The number of carbonyl (C=O) groups excluding carboxylic acids is 1. The SMILES string of the molecule is CCN(Cc1nc2c(N)nc3cc(-c4cc[nH]n4)ccc3c2[nH]1)C(=O)OC. The molecule has 3 heterocycles. The third kappa shape index (κ3) is 2.92. The van der Waals surface area contributed by atoms with Crippen molar-refractivity contribution in [2.24, 2.45) is 0 Å². The van der Waals surface area contributed by atoms with Crippen molar-refractivity contribution in [3.63, 3.8) is 0 Å². The molecule has 9 heteroatoms. The van der Waals surface area contributed by atoms with E-state index in [2.05, 4.69) is 25.1 Å². The molecule has 0 atom stereocenters. The molecular weight excluding hydrogens is 346 g/mol. The van der Waals surface area contributed by atoms with Gasteiger partial charge in [-0.25, -0.2) is 14.8 Å². The monoisotopic (exact) mass is 365 g/mol. The summed E-state index contributed by atoms with van der Waals surface area (Å²) in [5, 5.41) is 7.90. The van der Waals surface area contributed by atoms with E-state index in [9.17, 15) is 4.79 Å². The first-order valence-corrected chi connectivity index (χ1v) is 8.51. The number of fused-ring (bicyclic) bond motifs is 3. The van der Waals surface area contributed by atoms with Crippen LogP contribution in [0.1, 0.15) is 12.7 Å². The van der Waals surface area contributed by atoms with Gasteiger partial charge in [0.15, 0.2) is 5.82 Å². The number of ether oxygens (including phenoxy) is 1. The van der Waals surface area contributed by atoms with Gasteiger partial charge in [-0.3, -0.25) is 5.10 Å². The van der Waals surface area contributed by atoms with Crippen LogP contribution in [-0.4, -0.2) is 49.8 Å². The molecule has 0 radical (unpaired) electrons. The Bertz CT molecular complexity index is 1120. The molecule has 0 saturated heterocycles. The van der Waals surface area contributed by atoms with Crippen LogP contribution in [0.25, 0.3) is 33.2 Å². The molecule has 0 aliphatic heterocycles. The topological polar surface area (TPSA) is 126 Å². The molecule has 138 valence electrons. The number of hydrogen-bond acceptors (Lipinski definition) is 6. The Labute approximate surface area is 154 Å². The van der Waals surface area contributed by atoms with Crippen LogP contribution in [0.5, 0.6) is 0 Å². The van der Waals surface area contributed by atoms with Crippen molar-refractivity contribution < 1.29 is 9.53 Å². The van der Waals surface area contributed by atoms with Gasteiger partial charge < -0.3 is 20.4 Å². The molecule has 0 spiro atoms. The van der Waals surface area contributed by atoms with Crippen molar-refractivity contribution in [3.8, 4) is 11.3 Å². The van der Waals surface area contributed by atoms with E-state index in [-0.39, 0.29) is 0 Å². The number of hydrogen-bond donors (Lipinski definition) is 3. The Hall–Kier alpha value is -3.62. The van der Waals surface area contributed by atoms with Gasteiger partial charge in [0.2, 0.25) is 0 Å². The van der Waals surface area contributed by atoms with Gasteiger partial charge in [0.25, 0.3) is 0 Å². The molecule has 0 aliphatic carbocycles. The van der Waals surface area contributed by atoms with Gasteiger partial charge in [-0.15, -0.1) is 0 Å². The zero-order chi connectivity index (χ0) is 19.0. The number of methoxy groups -OCH3 is 1. The van der Waals surface area contributed by atoms with Gasteiger partial charge in [-0.2, -0.15) is 5.10 Å². The molecule has 27 heavy (non-hydrogen) atoms. The van der Waals surface area contributed by atoms with E-state index in [1.807, 2.05) is 31.2 Å². The molecular formula is C18H19N7O2. The summed E-state index contributed by atoms with van der Waals surface area (Å²) in [6, 6.07) is 7.77. The third-order valence-corrected chi connectivity index (χ3v) is 4.46. The van der Waals surface area contributed by atoms with Crippen LogP contribution >= 0.6 is 0 Å². The number of benzene rings is 1. The van der Waals surface area contributed by atoms with Gasteiger partial charge in [0.05, 0.1) is 30.4 Å². The van der Waals surface area contributed by atoms with Crippen molar-refractivity contribution >= 4 is 33.8 Å². The molecule has 0 saturated carbocycles. The zero-order valence-electron chi connectivity index (χ0n) is 15.0.